The highest BCUT2D eigenvalue weighted by molar-refractivity contribution is 5.86. The molecule has 0 aliphatic carbocycles. The molecule has 0 saturated heterocycles. The van der Waals surface area contributed by atoms with E-state index in [-0.39, 0.29) is 18.4 Å². The first-order valence-electron chi connectivity index (χ1n) is 6.94. The SMILES string of the molecule is CC(C)CC(NC(N)=O)C(=O)NCc1cccc(CO)c1. The number of nitrogens with one attached hydrogen (secondary N) is 2. The van der Waals surface area contributed by atoms with Crippen molar-refractivity contribution < 1.29 is 14.7 Å². The number of urea groups is 1. The zero-order valence-electron chi connectivity index (χ0n) is 12.4. The average molecular weight is 293 g/mol. The van der Waals surface area contributed by atoms with E-state index in [1.54, 1.807) is 0 Å². The first-order chi connectivity index (χ1) is 9.92. The number of nitrogens with two attached hydrogens (primary N) is 1. The van der Waals surface area contributed by atoms with Gasteiger partial charge in [-0.2, -0.15) is 0 Å². The molecule has 0 saturated carbocycles. The van der Waals surface area contributed by atoms with Gasteiger partial charge in [0.1, 0.15) is 6.04 Å². The smallest absolute Gasteiger partial charge is 0.312 e. The highest BCUT2D eigenvalue weighted by Crippen LogP contribution is 2.07. The maximum absolute atomic E-state index is 12.1. The van der Waals surface area contributed by atoms with Crippen LogP contribution < -0.4 is 16.4 Å². The van der Waals surface area contributed by atoms with Gasteiger partial charge in [0.15, 0.2) is 0 Å². The molecule has 0 fully saturated rings. The number of carbonyl (C=O) groups is 2. The Labute approximate surface area is 124 Å². The third-order valence-corrected chi connectivity index (χ3v) is 2.98. The molecule has 1 aromatic carbocycles. The molecule has 116 valence electrons. The summed E-state index contributed by atoms with van der Waals surface area (Å²) in [6.07, 6.45) is 0.519. The topological polar surface area (TPSA) is 104 Å². The van der Waals surface area contributed by atoms with Gasteiger partial charge in [0, 0.05) is 6.54 Å². The molecule has 6 heteroatoms. The zero-order valence-corrected chi connectivity index (χ0v) is 12.4. The molecule has 1 unspecified atom stereocenters. The minimum absolute atomic E-state index is 0.0407. The maximum atomic E-state index is 12.1. The highest BCUT2D eigenvalue weighted by atomic mass is 16.3. The molecule has 3 amide bonds. The summed E-state index contributed by atoms with van der Waals surface area (Å²) in [5.74, 6) is -0.0118. The summed E-state index contributed by atoms with van der Waals surface area (Å²) >= 11 is 0. The molecule has 0 aliphatic rings. The van der Waals surface area contributed by atoms with Gasteiger partial charge in [0.2, 0.25) is 5.91 Å². The second-order valence-corrected chi connectivity index (χ2v) is 5.39. The van der Waals surface area contributed by atoms with Gasteiger partial charge in [-0.1, -0.05) is 38.1 Å². The number of hydrogen-bond donors (Lipinski definition) is 4. The number of primary amides is 1. The number of aliphatic hydroxyl groups is 1. The van der Waals surface area contributed by atoms with E-state index < -0.39 is 12.1 Å². The molecule has 6 nitrogen and oxygen atoms in total. The summed E-state index contributed by atoms with van der Waals surface area (Å²) in [5, 5.41) is 14.3. The molecule has 0 radical (unpaired) electrons. The lowest BCUT2D eigenvalue weighted by Gasteiger charge is -2.19. The molecular weight excluding hydrogens is 270 g/mol. The van der Waals surface area contributed by atoms with Crippen molar-refractivity contribution in [2.24, 2.45) is 11.7 Å². The van der Waals surface area contributed by atoms with E-state index in [0.717, 1.165) is 11.1 Å². The molecule has 1 atom stereocenters. The van der Waals surface area contributed by atoms with Crippen molar-refractivity contribution in [3.05, 3.63) is 35.4 Å². The van der Waals surface area contributed by atoms with E-state index in [1.165, 1.54) is 0 Å². The molecule has 1 rings (SSSR count). The minimum atomic E-state index is -0.710. The number of rotatable bonds is 7. The minimum Gasteiger partial charge on any atom is -0.392 e. The largest absolute Gasteiger partial charge is 0.392 e. The Bertz CT molecular complexity index is 489. The summed E-state index contributed by atoms with van der Waals surface area (Å²) in [6.45, 7) is 4.23. The summed E-state index contributed by atoms with van der Waals surface area (Å²) in [7, 11) is 0. The van der Waals surface area contributed by atoms with Gasteiger partial charge in [-0.05, 0) is 23.5 Å². The first kappa shape index (κ1) is 17.0. The predicted octanol–water partition coefficient (Wildman–Crippen LogP) is 0.878. The zero-order chi connectivity index (χ0) is 15.8. The summed E-state index contributed by atoms with van der Waals surface area (Å²) < 4.78 is 0. The molecule has 5 N–H and O–H groups in total. The Morgan fingerprint density at radius 3 is 2.52 bits per heavy atom. The van der Waals surface area contributed by atoms with Crippen LogP contribution in [0.2, 0.25) is 0 Å². The molecule has 0 bridgehead atoms. The summed E-state index contributed by atoms with van der Waals surface area (Å²) in [5.41, 5.74) is 6.77. The van der Waals surface area contributed by atoms with Crippen molar-refractivity contribution >= 4 is 11.9 Å². The Morgan fingerprint density at radius 1 is 1.29 bits per heavy atom. The molecule has 1 aromatic rings. The fraction of sp³-hybridized carbons (Fsp3) is 0.467. The van der Waals surface area contributed by atoms with Gasteiger partial charge in [0.05, 0.1) is 6.61 Å². The van der Waals surface area contributed by atoms with Crippen molar-refractivity contribution in [1.82, 2.24) is 10.6 Å². The van der Waals surface area contributed by atoms with Crippen LogP contribution in [0.25, 0.3) is 0 Å². The standard InChI is InChI=1S/C15H23N3O3/c1-10(2)6-13(18-15(16)21)14(20)17-8-11-4-3-5-12(7-11)9-19/h3-5,7,10,13,19H,6,8-9H2,1-2H3,(H,17,20)(H3,16,18,21). The first-order valence-corrected chi connectivity index (χ1v) is 6.94. The second kappa shape index (κ2) is 8.26. The Hall–Kier alpha value is -2.08. The number of carbonyl (C=O) groups excluding carboxylic acids is 2. The van der Waals surface area contributed by atoms with E-state index >= 15 is 0 Å². The quantitative estimate of drug-likeness (QED) is 0.599. The van der Waals surface area contributed by atoms with Crippen LogP contribution in [0.15, 0.2) is 24.3 Å². The lowest BCUT2D eigenvalue weighted by Crippen LogP contribution is -2.49. The monoisotopic (exact) mass is 293 g/mol. The van der Waals surface area contributed by atoms with Gasteiger partial charge in [-0.25, -0.2) is 4.79 Å². The van der Waals surface area contributed by atoms with E-state index in [1.807, 2.05) is 38.1 Å². The maximum Gasteiger partial charge on any atom is 0.312 e. The van der Waals surface area contributed by atoms with Crippen LogP contribution in [0, 0.1) is 5.92 Å². The van der Waals surface area contributed by atoms with Crippen molar-refractivity contribution in [2.75, 3.05) is 0 Å². The summed E-state index contributed by atoms with van der Waals surface area (Å²) in [6, 6.07) is 5.96. The number of hydrogen-bond acceptors (Lipinski definition) is 3. The predicted molar refractivity (Wildman–Crippen MR) is 80.2 cm³/mol. The van der Waals surface area contributed by atoms with Crippen LogP contribution in [-0.2, 0) is 17.9 Å². The Balaban J connectivity index is 2.61. The van der Waals surface area contributed by atoms with Crippen LogP contribution in [0.4, 0.5) is 4.79 Å². The summed E-state index contributed by atoms with van der Waals surface area (Å²) in [4.78, 5) is 23.1. The van der Waals surface area contributed by atoms with E-state index in [9.17, 15) is 9.59 Å². The molecule has 0 heterocycles. The third kappa shape index (κ3) is 6.27. The molecule has 0 spiro atoms. The van der Waals surface area contributed by atoms with Crippen LogP contribution in [0.5, 0.6) is 0 Å². The molecule has 0 aromatic heterocycles. The van der Waals surface area contributed by atoms with Crippen LogP contribution in [-0.4, -0.2) is 23.1 Å². The van der Waals surface area contributed by atoms with Crippen LogP contribution >= 0.6 is 0 Å². The number of benzene rings is 1. The normalized spacial score (nSPS) is 12.0. The Kier molecular flexibility index (Phi) is 6.68. The lowest BCUT2D eigenvalue weighted by atomic mass is 10.0. The van der Waals surface area contributed by atoms with E-state index in [4.69, 9.17) is 10.8 Å². The fourth-order valence-corrected chi connectivity index (χ4v) is 2.02. The molecular formula is C15H23N3O3. The van der Waals surface area contributed by atoms with Crippen molar-refractivity contribution in [3.8, 4) is 0 Å². The van der Waals surface area contributed by atoms with Gasteiger partial charge < -0.3 is 21.5 Å². The van der Waals surface area contributed by atoms with Crippen molar-refractivity contribution in [1.29, 1.82) is 0 Å². The fourth-order valence-electron chi connectivity index (χ4n) is 2.02. The third-order valence-electron chi connectivity index (χ3n) is 2.98. The molecule has 0 aliphatic heterocycles. The number of amides is 3. The van der Waals surface area contributed by atoms with Gasteiger partial charge in [0.25, 0.3) is 0 Å². The highest BCUT2D eigenvalue weighted by Gasteiger charge is 2.20. The van der Waals surface area contributed by atoms with Gasteiger partial charge >= 0.3 is 6.03 Å². The average Bonchev–Trinajstić information content (AvgIpc) is 2.43. The van der Waals surface area contributed by atoms with Crippen molar-refractivity contribution in [2.45, 2.75) is 39.5 Å². The van der Waals surface area contributed by atoms with Gasteiger partial charge in [-0.3, -0.25) is 4.79 Å². The van der Waals surface area contributed by atoms with Crippen LogP contribution in [0.3, 0.4) is 0 Å². The lowest BCUT2D eigenvalue weighted by molar-refractivity contribution is -0.123. The number of aliphatic hydroxyl groups excluding tert-OH is 1. The van der Waals surface area contributed by atoms with E-state index in [0.29, 0.717) is 13.0 Å². The van der Waals surface area contributed by atoms with Crippen LogP contribution in [0.1, 0.15) is 31.4 Å². The Morgan fingerprint density at radius 2 is 1.95 bits per heavy atom. The molecule has 21 heavy (non-hydrogen) atoms. The second-order valence-electron chi connectivity index (χ2n) is 5.39. The van der Waals surface area contributed by atoms with E-state index in [2.05, 4.69) is 10.6 Å². The van der Waals surface area contributed by atoms with Gasteiger partial charge in [-0.15, -0.1) is 0 Å². The van der Waals surface area contributed by atoms with Crippen molar-refractivity contribution in [3.63, 3.8) is 0 Å².